The number of ether oxygens (including phenoxy) is 1. The predicted octanol–water partition coefficient (Wildman–Crippen LogP) is 4.95. The minimum absolute atomic E-state index is 0.0461. The van der Waals surface area contributed by atoms with Crippen LogP contribution in [0.15, 0.2) is 87.9 Å². The number of nitrogens with one attached hydrogen (secondary N) is 2. The van der Waals surface area contributed by atoms with E-state index in [2.05, 4.69) is 24.8 Å². The van der Waals surface area contributed by atoms with Crippen LogP contribution in [-0.4, -0.2) is 74.8 Å². The molecule has 220 valence electrons. The summed E-state index contributed by atoms with van der Waals surface area (Å²) in [5.74, 6) is -0.417. The number of benzene rings is 3. The third-order valence-electron chi connectivity index (χ3n) is 6.84. The number of azo groups is 1. The quantitative estimate of drug-likeness (QED) is 0.223. The molecule has 0 saturated carbocycles. The molecule has 42 heavy (non-hydrogen) atoms. The van der Waals surface area contributed by atoms with Gasteiger partial charge in [0.15, 0.2) is 5.69 Å². The van der Waals surface area contributed by atoms with Gasteiger partial charge < -0.3 is 19.7 Å². The fraction of sp³-hybridized carbons (Fsp3) is 0.300. The standard InChI is InChI=1S/C30H34N6O5S/c1-21(2)34-42(39,40)25-11-12-27-26(20-25)28(29(37)31-27)33-32-23-8-6-7-22(19-23)30(38)36(24-9-4-3-5-10-24)14-13-35-15-17-41-18-16-35/h3-12,19-21,31,34,37H,13-18H2,1-2H3. The lowest BCUT2D eigenvalue weighted by Crippen LogP contribution is -2.43. The van der Waals surface area contributed by atoms with Crippen LogP contribution >= 0.6 is 0 Å². The monoisotopic (exact) mass is 590 g/mol. The summed E-state index contributed by atoms with van der Waals surface area (Å²) in [5.41, 5.74) is 2.24. The minimum Gasteiger partial charge on any atom is -0.493 e. The zero-order valence-corrected chi connectivity index (χ0v) is 24.3. The molecule has 1 aliphatic heterocycles. The normalized spacial score (nSPS) is 14.6. The molecular weight excluding hydrogens is 556 g/mol. The Kier molecular flexibility index (Phi) is 8.97. The Morgan fingerprint density at radius 1 is 1.05 bits per heavy atom. The highest BCUT2D eigenvalue weighted by atomic mass is 32.2. The van der Waals surface area contributed by atoms with Gasteiger partial charge in [0.25, 0.3) is 5.91 Å². The van der Waals surface area contributed by atoms with Crippen molar-refractivity contribution in [3.8, 4) is 5.88 Å². The van der Waals surface area contributed by atoms with E-state index in [4.69, 9.17) is 4.74 Å². The summed E-state index contributed by atoms with van der Waals surface area (Å²) in [6, 6.07) is 20.5. The minimum atomic E-state index is -3.75. The molecule has 2 heterocycles. The summed E-state index contributed by atoms with van der Waals surface area (Å²) in [7, 11) is -3.75. The highest BCUT2D eigenvalue weighted by molar-refractivity contribution is 7.89. The molecule has 11 nitrogen and oxygen atoms in total. The largest absolute Gasteiger partial charge is 0.493 e. The number of sulfonamides is 1. The van der Waals surface area contributed by atoms with E-state index in [-0.39, 0.29) is 28.4 Å². The number of carbonyl (C=O) groups is 1. The van der Waals surface area contributed by atoms with E-state index in [1.807, 2.05) is 30.3 Å². The zero-order valence-electron chi connectivity index (χ0n) is 23.5. The van der Waals surface area contributed by atoms with E-state index in [0.717, 1.165) is 18.8 Å². The van der Waals surface area contributed by atoms with Crippen LogP contribution in [0, 0.1) is 0 Å². The second-order valence-electron chi connectivity index (χ2n) is 10.3. The molecule has 0 spiro atoms. The van der Waals surface area contributed by atoms with Gasteiger partial charge in [0, 0.05) is 48.9 Å². The third-order valence-corrected chi connectivity index (χ3v) is 8.50. The molecule has 12 heteroatoms. The zero-order chi connectivity index (χ0) is 29.7. The van der Waals surface area contributed by atoms with Gasteiger partial charge >= 0.3 is 0 Å². The number of aromatic amines is 1. The Bertz CT molecular complexity index is 1680. The van der Waals surface area contributed by atoms with Crippen LogP contribution in [0.3, 0.4) is 0 Å². The number of morpholine rings is 1. The summed E-state index contributed by atoms with van der Waals surface area (Å²) in [6.45, 7) is 7.72. The van der Waals surface area contributed by atoms with Gasteiger partial charge in [-0.3, -0.25) is 9.69 Å². The number of H-pyrrole nitrogens is 1. The van der Waals surface area contributed by atoms with Crippen molar-refractivity contribution < 1.29 is 23.1 Å². The molecule has 0 atom stereocenters. The van der Waals surface area contributed by atoms with E-state index in [9.17, 15) is 18.3 Å². The highest BCUT2D eigenvalue weighted by Crippen LogP contribution is 2.37. The van der Waals surface area contributed by atoms with Crippen LogP contribution in [0.2, 0.25) is 0 Å². The van der Waals surface area contributed by atoms with Crippen molar-refractivity contribution in [2.45, 2.75) is 24.8 Å². The number of nitrogens with zero attached hydrogens (tertiary/aromatic N) is 4. The average Bonchev–Trinajstić information content (AvgIpc) is 3.30. The first-order valence-corrected chi connectivity index (χ1v) is 15.3. The molecule has 1 aromatic heterocycles. The molecule has 0 unspecified atom stereocenters. The summed E-state index contributed by atoms with van der Waals surface area (Å²) < 4.78 is 33.4. The van der Waals surface area contributed by atoms with Crippen LogP contribution in [0.25, 0.3) is 10.9 Å². The second-order valence-corrected chi connectivity index (χ2v) is 12.0. The topological polar surface area (TPSA) is 140 Å². The molecule has 3 N–H and O–H groups in total. The lowest BCUT2D eigenvalue weighted by Gasteiger charge is -2.30. The van der Waals surface area contributed by atoms with E-state index >= 15 is 0 Å². The van der Waals surface area contributed by atoms with Gasteiger partial charge in [-0.2, -0.15) is 5.11 Å². The molecule has 5 rings (SSSR count). The van der Waals surface area contributed by atoms with Crippen LogP contribution in [0.5, 0.6) is 5.88 Å². The van der Waals surface area contributed by atoms with Crippen LogP contribution in [0.4, 0.5) is 17.1 Å². The number of hydrogen-bond donors (Lipinski definition) is 3. The van der Waals surface area contributed by atoms with Crippen LogP contribution in [0.1, 0.15) is 24.2 Å². The van der Waals surface area contributed by atoms with Crippen molar-refractivity contribution in [1.29, 1.82) is 0 Å². The van der Waals surface area contributed by atoms with Crippen molar-refractivity contribution in [2.75, 3.05) is 44.3 Å². The molecule has 1 amide bonds. The van der Waals surface area contributed by atoms with Gasteiger partial charge in [-0.05, 0) is 62.4 Å². The van der Waals surface area contributed by atoms with Crippen molar-refractivity contribution in [3.05, 3.63) is 78.4 Å². The van der Waals surface area contributed by atoms with Gasteiger partial charge in [-0.25, -0.2) is 13.1 Å². The van der Waals surface area contributed by atoms with E-state index in [0.29, 0.717) is 48.5 Å². The second kappa shape index (κ2) is 12.8. The molecule has 4 aromatic rings. The summed E-state index contributed by atoms with van der Waals surface area (Å²) in [4.78, 5) is 20.6. The Hall–Kier alpha value is -4.10. The number of aromatic nitrogens is 1. The van der Waals surface area contributed by atoms with Gasteiger partial charge in [0.1, 0.15) is 0 Å². The summed E-state index contributed by atoms with van der Waals surface area (Å²) in [5, 5.41) is 19.4. The lowest BCUT2D eigenvalue weighted by atomic mass is 10.1. The maximum Gasteiger partial charge on any atom is 0.258 e. The number of carbonyl (C=O) groups excluding carboxylic acids is 1. The highest BCUT2D eigenvalue weighted by Gasteiger charge is 2.21. The van der Waals surface area contributed by atoms with Crippen LogP contribution in [-0.2, 0) is 14.8 Å². The molecule has 1 aliphatic rings. The van der Waals surface area contributed by atoms with Gasteiger partial charge in [0.05, 0.1) is 29.3 Å². The van der Waals surface area contributed by atoms with Crippen LogP contribution < -0.4 is 9.62 Å². The maximum absolute atomic E-state index is 13.7. The SMILES string of the molecule is CC(C)NS(=O)(=O)c1ccc2[nH]c(O)c(N=Nc3cccc(C(=O)N(CCN4CCOCC4)c4ccccc4)c3)c2c1. The molecule has 0 radical (unpaired) electrons. The number of anilines is 1. The predicted molar refractivity (Wildman–Crippen MR) is 161 cm³/mol. The maximum atomic E-state index is 13.7. The smallest absolute Gasteiger partial charge is 0.258 e. The first kappa shape index (κ1) is 29.4. The lowest BCUT2D eigenvalue weighted by molar-refractivity contribution is 0.0391. The molecule has 3 aromatic carbocycles. The van der Waals surface area contributed by atoms with Crippen molar-refractivity contribution >= 4 is 43.9 Å². The summed E-state index contributed by atoms with van der Waals surface area (Å²) in [6.07, 6.45) is 0. The number of hydrogen-bond acceptors (Lipinski definition) is 8. The Labute approximate surface area is 244 Å². The first-order chi connectivity index (χ1) is 20.2. The fourth-order valence-corrected chi connectivity index (χ4v) is 6.05. The molecule has 0 bridgehead atoms. The van der Waals surface area contributed by atoms with E-state index in [1.165, 1.54) is 12.1 Å². The molecule has 1 fully saturated rings. The molecular formula is C30H34N6O5S. The third kappa shape index (κ3) is 6.85. The number of para-hydroxylation sites is 1. The van der Waals surface area contributed by atoms with Crippen molar-refractivity contribution in [2.24, 2.45) is 10.2 Å². The van der Waals surface area contributed by atoms with Crippen molar-refractivity contribution in [3.63, 3.8) is 0 Å². The van der Waals surface area contributed by atoms with Gasteiger partial charge in [0.2, 0.25) is 15.9 Å². The molecule has 0 aliphatic carbocycles. The van der Waals surface area contributed by atoms with Gasteiger partial charge in [-0.1, -0.05) is 24.3 Å². The number of rotatable bonds is 10. The Morgan fingerprint density at radius 3 is 2.55 bits per heavy atom. The molecule has 1 saturated heterocycles. The number of amides is 1. The fourth-order valence-electron chi connectivity index (χ4n) is 4.78. The first-order valence-electron chi connectivity index (χ1n) is 13.8. The summed E-state index contributed by atoms with van der Waals surface area (Å²) >= 11 is 0. The van der Waals surface area contributed by atoms with Crippen molar-refractivity contribution in [1.82, 2.24) is 14.6 Å². The Morgan fingerprint density at radius 2 is 1.81 bits per heavy atom. The number of fused-ring (bicyclic) bond motifs is 1. The number of aromatic hydroxyl groups is 1. The van der Waals surface area contributed by atoms with Gasteiger partial charge in [-0.15, -0.1) is 5.11 Å². The van der Waals surface area contributed by atoms with E-state index < -0.39 is 10.0 Å². The Balaban J connectivity index is 1.40. The van der Waals surface area contributed by atoms with E-state index in [1.54, 1.807) is 49.1 Å². The average molecular weight is 591 g/mol.